The molecule has 0 saturated carbocycles. The molecule has 0 heterocycles. The van der Waals surface area contributed by atoms with Gasteiger partial charge in [-0.25, -0.2) is 0 Å². The minimum atomic E-state index is -0.105. The highest BCUT2D eigenvalue weighted by Gasteiger charge is 2.05. The van der Waals surface area contributed by atoms with E-state index in [-0.39, 0.29) is 12.5 Å². The Balaban J connectivity index is 3.04. The average molecular weight is 174 g/mol. The van der Waals surface area contributed by atoms with Crippen LogP contribution in [-0.4, -0.2) is 11.7 Å². The predicted molar refractivity (Wildman–Crippen MR) is 51.1 cm³/mol. The van der Waals surface area contributed by atoms with Gasteiger partial charge in [0.2, 0.25) is 0 Å². The van der Waals surface area contributed by atoms with Crippen molar-refractivity contribution in [3.05, 3.63) is 41.8 Å². The van der Waals surface area contributed by atoms with Gasteiger partial charge in [-0.1, -0.05) is 12.1 Å². The Morgan fingerprint density at radius 3 is 2.77 bits per heavy atom. The van der Waals surface area contributed by atoms with Crippen LogP contribution < -0.4 is 0 Å². The van der Waals surface area contributed by atoms with Crippen molar-refractivity contribution in [1.29, 1.82) is 5.26 Å². The fraction of sp³-hybridized carbons (Fsp3) is 0.273. The van der Waals surface area contributed by atoms with Gasteiger partial charge in [0, 0.05) is 12.5 Å². The van der Waals surface area contributed by atoms with E-state index in [0.29, 0.717) is 5.56 Å². The molecule has 1 rings (SSSR count). The third-order valence-electron chi connectivity index (χ3n) is 2.06. The van der Waals surface area contributed by atoms with Crippen LogP contribution >= 0.6 is 0 Å². The largest absolute Gasteiger partial charge is 0.396 e. The van der Waals surface area contributed by atoms with Gasteiger partial charge in [-0.2, -0.15) is 5.26 Å². The standard InChI is InChI=1S/C11H12NO/c1-8-5-10(9(2)7-13)3-4-11(8)6-12/h3-5,9,13H,2,7H2,1H3. The van der Waals surface area contributed by atoms with Crippen LogP contribution in [0.2, 0.25) is 0 Å². The van der Waals surface area contributed by atoms with Gasteiger partial charge in [-0.3, -0.25) is 0 Å². The van der Waals surface area contributed by atoms with Crippen molar-refractivity contribution >= 4 is 0 Å². The smallest absolute Gasteiger partial charge is 0.0994 e. The number of benzene rings is 1. The van der Waals surface area contributed by atoms with E-state index in [1.54, 1.807) is 6.07 Å². The fourth-order valence-corrected chi connectivity index (χ4v) is 1.17. The van der Waals surface area contributed by atoms with Gasteiger partial charge in [0.05, 0.1) is 11.6 Å². The van der Waals surface area contributed by atoms with Crippen LogP contribution in [0.1, 0.15) is 22.6 Å². The van der Waals surface area contributed by atoms with Crippen molar-refractivity contribution < 1.29 is 5.11 Å². The number of rotatable bonds is 2. The van der Waals surface area contributed by atoms with Crippen molar-refractivity contribution in [2.45, 2.75) is 12.8 Å². The van der Waals surface area contributed by atoms with Gasteiger partial charge in [0.1, 0.15) is 0 Å². The maximum atomic E-state index is 8.88. The quantitative estimate of drug-likeness (QED) is 0.742. The molecule has 2 heteroatoms. The molecule has 1 aromatic rings. The van der Waals surface area contributed by atoms with Crippen LogP contribution in [0.15, 0.2) is 18.2 Å². The topological polar surface area (TPSA) is 44.0 Å². The molecule has 2 nitrogen and oxygen atoms in total. The molecule has 0 aliphatic heterocycles. The van der Waals surface area contributed by atoms with Crippen LogP contribution in [0, 0.1) is 25.2 Å². The molecule has 1 unspecified atom stereocenters. The molecule has 13 heavy (non-hydrogen) atoms. The van der Waals surface area contributed by atoms with Gasteiger partial charge in [0.15, 0.2) is 0 Å². The Labute approximate surface area is 78.4 Å². The first-order valence-corrected chi connectivity index (χ1v) is 4.13. The molecule has 1 aromatic carbocycles. The molecule has 1 N–H and O–H groups in total. The van der Waals surface area contributed by atoms with E-state index in [4.69, 9.17) is 10.4 Å². The molecule has 0 aliphatic rings. The molecule has 0 spiro atoms. The fourth-order valence-electron chi connectivity index (χ4n) is 1.17. The lowest BCUT2D eigenvalue weighted by molar-refractivity contribution is 0.282. The lowest BCUT2D eigenvalue weighted by atomic mass is 9.98. The number of nitrogens with zero attached hydrogens (tertiary/aromatic N) is 1. The zero-order valence-corrected chi connectivity index (χ0v) is 7.62. The molecule has 0 aliphatic carbocycles. The third kappa shape index (κ3) is 2.07. The third-order valence-corrected chi connectivity index (χ3v) is 2.06. The summed E-state index contributed by atoms with van der Waals surface area (Å²) in [6, 6.07) is 7.59. The normalized spacial score (nSPS) is 12.2. The molecule has 0 aromatic heterocycles. The van der Waals surface area contributed by atoms with Crippen LogP contribution in [0.3, 0.4) is 0 Å². The molecule has 0 saturated heterocycles. The highest BCUT2D eigenvalue weighted by atomic mass is 16.3. The first-order valence-electron chi connectivity index (χ1n) is 4.13. The van der Waals surface area contributed by atoms with E-state index in [2.05, 4.69) is 13.0 Å². The number of hydrogen-bond acceptors (Lipinski definition) is 2. The van der Waals surface area contributed by atoms with Gasteiger partial charge < -0.3 is 5.11 Å². The van der Waals surface area contributed by atoms with Gasteiger partial charge in [-0.05, 0) is 31.0 Å². The van der Waals surface area contributed by atoms with E-state index in [1.165, 1.54) is 0 Å². The Morgan fingerprint density at radius 2 is 2.31 bits per heavy atom. The minimum absolute atomic E-state index is 0.0331. The number of aryl methyl sites for hydroxylation is 1. The zero-order valence-electron chi connectivity index (χ0n) is 7.62. The highest BCUT2D eigenvalue weighted by Crippen LogP contribution is 2.17. The van der Waals surface area contributed by atoms with Crippen LogP contribution in [0.25, 0.3) is 0 Å². The predicted octanol–water partition coefficient (Wildman–Crippen LogP) is 1.78. The second-order valence-corrected chi connectivity index (χ2v) is 3.07. The molecule has 1 radical (unpaired) electrons. The van der Waals surface area contributed by atoms with Crippen LogP contribution in [0.4, 0.5) is 0 Å². The molecule has 67 valence electrons. The molecule has 0 bridgehead atoms. The molecule has 0 amide bonds. The summed E-state index contributed by atoms with van der Waals surface area (Å²) in [5.74, 6) is -0.105. The summed E-state index contributed by atoms with van der Waals surface area (Å²) in [5, 5.41) is 17.6. The number of aliphatic hydroxyl groups is 1. The van der Waals surface area contributed by atoms with E-state index in [9.17, 15) is 0 Å². The Morgan fingerprint density at radius 1 is 1.62 bits per heavy atom. The molecule has 0 fully saturated rings. The first-order chi connectivity index (χ1) is 6.19. The van der Waals surface area contributed by atoms with Crippen molar-refractivity contribution in [2.75, 3.05) is 6.61 Å². The summed E-state index contributed by atoms with van der Waals surface area (Å²) in [6.45, 7) is 5.70. The second kappa shape index (κ2) is 4.06. The summed E-state index contributed by atoms with van der Waals surface area (Å²) in [5.41, 5.74) is 2.58. The Bertz CT molecular complexity index is 338. The van der Waals surface area contributed by atoms with E-state index >= 15 is 0 Å². The van der Waals surface area contributed by atoms with Gasteiger partial charge in [-0.15, -0.1) is 0 Å². The molecule has 1 atom stereocenters. The van der Waals surface area contributed by atoms with Crippen molar-refractivity contribution in [1.82, 2.24) is 0 Å². The zero-order chi connectivity index (χ0) is 9.84. The molecular formula is C11H12NO. The summed E-state index contributed by atoms with van der Waals surface area (Å²) in [4.78, 5) is 0. The lowest BCUT2D eigenvalue weighted by Gasteiger charge is -2.09. The van der Waals surface area contributed by atoms with Crippen LogP contribution in [0.5, 0.6) is 0 Å². The van der Waals surface area contributed by atoms with Gasteiger partial charge >= 0.3 is 0 Å². The SMILES string of the molecule is [CH2]C(CO)c1ccc(C#N)c(C)c1. The Hall–Kier alpha value is -1.33. The molecular weight excluding hydrogens is 162 g/mol. The first kappa shape index (κ1) is 9.76. The van der Waals surface area contributed by atoms with E-state index < -0.39 is 0 Å². The summed E-state index contributed by atoms with van der Waals surface area (Å²) >= 11 is 0. The number of nitriles is 1. The Kier molecular flexibility index (Phi) is 3.05. The van der Waals surface area contributed by atoms with Crippen molar-refractivity contribution in [3.63, 3.8) is 0 Å². The van der Waals surface area contributed by atoms with E-state index in [1.807, 2.05) is 19.1 Å². The summed E-state index contributed by atoms with van der Waals surface area (Å²) in [6.07, 6.45) is 0. The number of hydrogen-bond donors (Lipinski definition) is 1. The average Bonchev–Trinajstić information content (AvgIpc) is 2.16. The summed E-state index contributed by atoms with van der Waals surface area (Å²) < 4.78 is 0. The van der Waals surface area contributed by atoms with Crippen LogP contribution in [-0.2, 0) is 0 Å². The maximum absolute atomic E-state index is 8.88. The highest BCUT2D eigenvalue weighted by molar-refractivity contribution is 5.40. The monoisotopic (exact) mass is 174 g/mol. The second-order valence-electron chi connectivity index (χ2n) is 3.07. The van der Waals surface area contributed by atoms with Crippen molar-refractivity contribution in [2.24, 2.45) is 0 Å². The lowest BCUT2D eigenvalue weighted by Crippen LogP contribution is -1.99. The van der Waals surface area contributed by atoms with Crippen molar-refractivity contribution in [3.8, 4) is 6.07 Å². The number of aliphatic hydroxyl groups excluding tert-OH is 1. The van der Waals surface area contributed by atoms with E-state index in [0.717, 1.165) is 11.1 Å². The maximum Gasteiger partial charge on any atom is 0.0994 e. The minimum Gasteiger partial charge on any atom is -0.396 e. The summed E-state index contributed by atoms with van der Waals surface area (Å²) in [7, 11) is 0. The van der Waals surface area contributed by atoms with Gasteiger partial charge in [0.25, 0.3) is 0 Å².